The monoisotopic (exact) mass is 199 g/mol. The van der Waals surface area contributed by atoms with E-state index in [1.807, 2.05) is 0 Å². The van der Waals surface area contributed by atoms with Gasteiger partial charge < -0.3 is 14.6 Å². The molecule has 0 amide bonds. The van der Waals surface area contributed by atoms with Crippen LogP contribution < -0.4 is 5.32 Å². The van der Waals surface area contributed by atoms with Crippen LogP contribution in [-0.2, 0) is 14.3 Å². The first-order valence-electron chi connectivity index (χ1n) is 4.32. The highest BCUT2D eigenvalue weighted by atomic mass is 16.5. The van der Waals surface area contributed by atoms with Crippen LogP contribution >= 0.6 is 0 Å². The minimum absolute atomic E-state index is 0.0838. The van der Waals surface area contributed by atoms with Crippen LogP contribution in [0.1, 0.15) is 0 Å². The Balaban J connectivity index is 2.28. The molecule has 0 saturated carbocycles. The second kappa shape index (κ2) is 5.60. The van der Waals surface area contributed by atoms with Gasteiger partial charge in [-0.3, -0.25) is 10.1 Å². The summed E-state index contributed by atoms with van der Waals surface area (Å²) < 4.78 is 10.4. The summed E-state index contributed by atoms with van der Waals surface area (Å²) >= 11 is 0. The third kappa shape index (κ3) is 3.34. The molecule has 0 aromatic heterocycles. The van der Waals surface area contributed by atoms with Crippen molar-refractivity contribution in [2.75, 3.05) is 26.4 Å². The third-order valence-corrected chi connectivity index (χ3v) is 1.92. The molecule has 1 aliphatic rings. The molecule has 1 rings (SSSR count). The van der Waals surface area contributed by atoms with Crippen molar-refractivity contribution in [3.8, 4) is 12.3 Å². The van der Waals surface area contributed by atoms with Gasteiger partial charge in [-0.25, -0.2) is 0 Å². The molecule has 14 heavy (non-hydrogen) atoms. The molecule has 0 aliphatic carbocycles. The van der Waals surface area contributed by atoms with E-state index in [1.54, 1.807) is 0 Å². The number of hydrogen-bond donors (Lipinski definition) is 2. The largest absolute Gasteiger partial charge is 0.480 e. The third-order valence-electron chi connectivity index (χ3n) is 1.92. The van der Waals surface area contributed by atoms with Crippen LogP contribution in [0.25, 0.3) is 0 Å². The molecule has 78 valence electrons. The summed E-state index contributed by atoms with van der Waals surface area (Å²) in [6.07, 6.45) is 4.90. The van der Waals surface area contributed by atoms with Crippen molar-refractivity contribution in [2.24, 2.45) is 0 Å². The Bertz CT molecular complexity index is 235. The number of nitrogens with one attached hydrogen (secondary N) is 1. The van der Waals surface area contributed by atoms with Gasteiger partial charge in [0.25, 0.3) is 0 Å². The van der Waals surface area contributed by atoms with Gasteiger partial charge in [0.2, 0.25) is 0 Å². The Morgan fingerprint density at radius 1 is 1.71 bits per heavy atom. The fourth-order valence-electron chi connectivity index (χ4n) is 1.26. The van der Waals surface area contributed by atoms with E-state index in [1.165, 1.54) is 0 Å². The van der Waals surface area contributed by atoms with E-state index in [0.29, 0.717) is 13.2 Å². The van der Waals surface area contributed by atoms with Gasteiger partial charge in [-0.15, -0.1) is 6.42 Å². The lowest BCUT2D eigenvalue weighted by molar-refractivity contribution is -0.136. The quantitative estimate of drug-likeness (QED) is 0.560. The Morgan fingerprint density at radius 2 is 2.50 bits per heavy atom. The normalized spacial score (nSPS) is 25.9. The molecule has 0 unspecified atom stereocenters. The van der Waals surface area contributed by atoms with Crippen LogP contribution in [0.2, 0.25) is 0 Å². The minimum Gasteiger partial charge on any atom is -0.480 e. The Hall–Kier alpha value is -1.09. The average Bonchev–Trinajstić information content (AvgIpc) is 2.58. The number of terminal acetylenes is 1. The molecule has 1 saturated heterocycles. The molecule has 0 aromatic rings. The van der Waals surface area contributed by atoms with E-state index in [4.69, 9.17) is 21.0 Å². The van der Waals surface area contributed by atoms with Crippen molar-refractivity contribution in [2.45, 2.75) is 12.1 Å². The maximum Gasteiger partial charge on any atom is 0.317 e. The molecule has 0 spiro atoms. The van der Waals surface area contributed by atoms with E-state index in [9.17, 15) is 4.79 Å². The van der Waals surface area contributed by atoms with E-state index in [-0.39, 0.29) is 25.3 Å². The van der Waals surface area contributed by atoms with Crippen LogP contribution in [-0.4, -0.2) is 49.6 Å². The molecule has 1 aliphatic heterocycles. The molecule has 2 atom stereocenters. The van der Waals surface area contributed by atoms with Crippen LogP contribution in [0.4, 0.5) is 0 Å². The van der Waals surface area contributed by atoms with Gasteiger partial charge in [0.15, 0.2) is 0 Å². The zero-order valence-electron chi connectivity index (χ0n) is 7.73. The maximum atomic E-state index is 10.3. The fraction of sp³-hybridized carbons (Fsp3) is 0.667. The Morgan fingerprint density at radius 3 is 3.14 bits per heavy atom. The molecule has 0 bridgehead atoms. The summed E-state index contributed by atoms with van der Waals surface area (Å²) in [5.74, 6) is 1.46. The molecule has 5 nitrogen and oxygen atoms in total. The number of carboxylic acid groups (broad SMARTS) is 1. The zero-order chi connectivity index (χ0) is 10.4. The van der Waals surface area contributed by atoms with Crippen molar-refractivity contribution in [3.05, 3.63) is 0 Å². The molecular formula is C9H13NO4. The predicted molar refractivity (Wildman–Crippen MR) is 48.8 cm³/mol. The van der Waals surface area contributed by atoms with E-state index in [2.05, 4.69) is 11.2 Å². The van der Waals surface area contributed by atoms with Gasteiger partial charge >= 0.3 is 5.97 Å². The van der Waals surface area contributed by atoms with E-state index >= 15 is 0 Å². The first kappa shape index (κ1) is 11.0. The molecule has 2 N–H and O–H groups in total. The predicted octanol–water partition coefficient (Wildman–Crippen LogP) is -0.922. The van der Waals surface area contributed by atoms with Crippen LogP contribution in [0.3, 0.4) is 0 Å². The van der Waals surface area contributed by atoms with Crippen molar-refractivity contribution < 1.29 is 19.4 Å². The summed E-state index contributed by atoms with van der Waals surface area (Å²) in [4.78, 5) is 10.3. The second-order valence-electron chi connectivity index (χ2n) is 2.97. The number of aliphatic carboxylic acids is 1. The molecule has 0 aromatic carbocycles. The molecule has 0 radical (unpaired) electrons. The topological polar surface area (TPSA) is 67.8 Å². The summed E-state index contributed by atoms with van der Waals surface area (Å²) in [5.41, 5.74) is 0. The second-order valence-corrected chi connectivity index (χ2v) is 2.97. The number of carbonyl (C=O) groups is 1. The van der Waals surface area contributed by atoms with Gasteiger partial charge in [-0.1, -0.05) is 5.92 Å². The lowest BCUT2D eigenvalue weighted by atomic mass is 10.2. The summed E-state index contributed by atoms with van der Waals surface area (Å²) in [7, 11) is 0. The van der Waals surface area contributed by atoms with Gasteiger partial charge in [0.1, 0.15) is 6.61 Å². The van der Waals surface area contributed by atoms with E-state index < -0.39 is 5.97 Å². The highest BCUT2D eigenvalue weighted by Crippen LogP contribution is 2.09. The van der Waals surface area contributed by atoms with Crippen molar-refractivity contribution >= 4 is 5.97 Å². The lowest BCUT2D eigenvalue weighted by Gasteiger charge is -2.17. The Kier molecular flexibility index (Phi) is 4.40. The molecule has 1 fully saturated rings. The number of carboxylic acids is 1. The highest BCUT2D eigenvalue weighted by molar-refractivity contribution is 5.69. The summed E-state index contributed by atoms with van der Waals surface area (Å²) in [6.45, 7) is 1.05. The van der Waals surface area contributed by atoms with Gasteiger partial charge in [-0.05, 0) is 0 Å². The van der Waals surface area contributed by atoms with Crippen LogP contribution in [0.15, 0.2) is 0 Å². The fourth-order valence-corrected chi connectivity index (χ4v) is 1.26. The van der Waals surface area contributed by atoms with Crippen molar-refractivity contribution in [3.63, 3.8) is 0 Å². The average molecular weight is 199 g/mol. The first-order chi connectivity index (χ1) is 6.74. The molecular weight excluding hydrogens is 186 g/mol. The summed E-state index contributed by atoms with van der Waals surface area (Å²) in [5, 5.41) is 11.3. The number of rotatable bonds is 5. The zero-order valence-corrected chi connectivity index (χ0v) is 7.73. The van der Waals surface area contributed by atoms with Gasteiger partial charge in [0.05, 0.1) is 31.9 Å². The van der Waals surface area contributed by atoms with Crippen LogP contribution in [0.5, 0.6) is 0 Å². The molecule has 5 heteroatoms. The Labute approximate surface area is 82.4 Å². The number of ether oxygens (including phenoxy) is 2. The van der Waals surface area contributed by atoms with Crippen molar-refractivity contribution in [1.29, 1.82) is 0 Å². The standard InChI is InChI=1S/C9H13NO4/c1-2-3-14-8-6-13-5-7(8)10-4-9(11)12/h1,7-8,10H,3-6H2,(H,11,12)/t7-,8-/m0/s1. The SMILES string of the molecule is C#CCO[C@H]1COC[C@@H]1NCC(=O)O. The number of hydrogen-bond acceptors (Lipinski definition) is 4. The van der Waals surface area contributed by atoms with Gasteiger partial charge in [0, 0.05) is 0 Å². The van der Waals surface area contributed by atoms with Crippen LogP contribution in [0, 0.1) is 12.3 Å². The summed E-state index contributed by atoms with van der Waals surface area (Å²) in [6, 6.07) is -0.0838. The maximum absolute atomic E-state index is 10.3. The minimum atomic E-state index is -0.896. The first-order valence-corrected chi connectivity index (χ1v) is 4.32. The van der Waals surface area contributed by atoms with E-state index in [0.717, 1.165) is 0 Å². The highest BCUT2D eigenvalue weighted by Gasteiger charge is 2.28. The lowest BCUT2D eigenvalue weighted by Crippen LogP contribution is -2.42. The molecule has 1 heterocycles. The smallest absolute Gasteiger partial charge is 0.317 e. The van der Waals surface area contributed by atoms with Gasteiger partial charge in [-0.2, -0.15) is 0 Å². The van der Waals surface area contributed by atoms with Crippen molar-refractivity contribution in [1.82, 2.24) is 5.32 Å².